The van der Waals surface area contributed by atoms with Gasteiger partial charge in [0.1, 0.15) is 0 Å². The fraction of sp³-hybridized carbons (Fsp3) is 1.00. The van der Waals surface area contributed by atoms with Gasteiger partial charge in [-0.05, 0) is 31.1 Å². The van der Waals surface area contributed by atoms with E-state index in [1.807, 2.05) is 0 Å². The Bertz CT molecular complexity index is 243. The lowest BCUT2D eigenvalue weighted by Crippen LogP contribution is -2.42. The van der Waals surface area contributed by atoms with Gasteiger partial charge in [0, 0.05) is 13.7 Å². The first kappa shape index (κ1) is 15.8. The number of ether oxygens (including phenoxy) is 1. The highest BCUT2D eigenvalue weighted by atomic mass is 19.4. The van der Waals surface area contributed by atoms with Crippen molar-refractivity contribution < 1.29 is 23.0 Å². The minimum atomic E-state index is -4.19. The summed E-state index contributed by atoms with van der Waals surface area (Å²) in [7, 11) is 1.55. The maximum Gasteiger partial charge on any atom is 0.392 e. The van der Waals surface area contributed by atoms with Crippen LogP contribution >= 0.6 is 0 Å². The number of methoxy groups -OCH3 is 1. The van der Waals surface area contributed by atoms with Crippen LogP contribution < -0.4 is 0 Å². The van der Waals surface area contributed by atoms with E-state index in [1.165, 1.54) is 0 Å². The van der Waals surface area contributed by atoms with Crippen molar-refractivity contribution in [3.05, 3.63) is 0 Å². The van der Waals surface area contributed by atoms with E-state index in [2.05, 4.69) is 0 Å². The Balaban J connectivity index is 2.65. The highest BCUT2D eigenvalue weighted by molar-refractivity contribution is 4.86. The molecule has 1 aliphatic carbocycles. The van der Waals surface area contributed by atoms with Gasteiger partial charge in [0.25, 0.3) is 0 Å². The molecule has 0 bridgehead atoms. The third-order valence-electron chi connectivity index (χ3n) is 4.04. The van der Waals surface area contributed by atoms with Gasteiger partial charge in [-0.2, -0.15) is 13.2 Å². The molecular formula is C13H23F3O2. The fourth-order valence-electron chi connectivity index (χ4n) is 2.87. The van der Waals surface area contributed by atoms with E-state index in [9.17, 15) is 18.3 Å². The summed E-state index contributed by atoms with van der Waals surface area (Å²) < 4.78 is 43.7. The van der Waals surface area contributed by atoms with Gasteiger partial charge in [0.05, 0.1) is 12.0 Å². The number of alkyl halides is 3. The summed E-state index contributed by atoms with van der Waals surface area (Å²) in [5.41, 5.74) is 0. The summed E-state index contributed by atoms with van der Waals surface area (Å²) in [6.07, 6.45) is -2.45. The summed E-state index contributed by atoms with van der Waals surface area (Å²) in [6.45, 7) is 2.27. The molecule has 2 nitrogen and oxygen atoms in total. The molecule has 18 heavy (non-hydrogen) atoms. The summed E-state index contributed by atoms with van der Waals surface area (Å²) in [6, 6.07) is 0. The van der Waals surface area contributed by atoms with E-state index in [4.69, 9.17) is 4.74 Å². The normalized spacial score (nSPS) is 29.0. The molecule has 0 aromatic rings. The minimum Gasteiger partial charge on any atom is -0.393 e. The van der Waals surface area contributed by atoms with Crippen molar-refractivity contribution >= 4 is 0 Å². The molecule has 0 heterocycles. The number of aliphatic hydroxyl groups is 1. The Morgan fingerprint density at radius 1 is 1.28 bits per heavy atom. The van der Waals surface area contributed by atoms with Crippen molar-refractivity contribution in [1.82, 2.24) is 0 Å². The smallest absolute Gasteiger partial charge is 0.392 e. The zero-order valence-corrected chi connectivity index (χ0v) is 11.0. The van der Waals surface area contributed by atoms with Crippen LogP contribution in [0.4, 0.5) is 13.2 Å². The van der Waals surface area contributed by atoms with Crippen LogP contribution in [-0.2, 0) is 4.74 Å². The first-order valence-corrected chi connectivity index (χ1v) is 6.61. The first-order valence-electron chi connectivity index (χ1n) is 6.61. The van der Waals surface area contributed by atoms with Crippen molar-refractivity contribution in [1.29, 1.82) is 0 Å². The van der Waals surface area contributed by atoms with Crippen LogP contribution in [0.3, 0.4) is 0 Å². The van der Waals surface area contributed by atoms with Gasteiger partial charge in [-0.25, -0.2) is 0 Å². The number of aliphatic hydroxyl groups excluding tert-OH is 1. The van der Waals surface area contributed by atoms with Crippen LogP contribution in [0.25, 0.3) is 0 Å². The Labute approximate surface area is 107 Å². The standard InChI is InChI=1S/C13H23F3O2/c1-9(7-8-18-2)12(17)10-5-3-4-6-11(10)13(14,15)16/h9-12,17H,3-8H2,1-2H3. The minimum absolute atomic E-state index is 0.155. The third kappa shape index (κ3) is 4.12. The highest BCUT2D eigenvalue weighted by Gasteiger charge is 2.48. The van der Waals surface area contributed by atoms with Crippen LogP contribution in [0.1, 0.15) is 39.0 Å². The van der Waals surface area contributed by atoms with Crippen LogP contribution in [0, 0.1) is 17.8 Å². The lowest BCUT2D eigenvalue weighted by Gasteiger charge is -2.38. The SMILES string of the molecule is COCCC(C)C(O)C1CCCCC1C(F)(F)F. The topological polar surface area (TPSA) is 29.5 Å². The first-order chi connectivity index (χ1) is 8.38. The summed E-state index contributed by atoms with van der Waals surface area (Å²) in [4.78, 5) is 0. The van der Waals surface area contributed by atoms with Crippen LogP contribution in [0.5, 0.6) is 0 Å². The van der Waals surface area contributed by atoms with Crippen molar-refractivity contribution in [2.45, 2.75) is 51.3 Å². The predicted molar refractivity (Wildman–Crippen MR) is 63.2 cm³/mol. The van der Waals surface area contributed by atoms with Crippen molar-refractivity contribution in [3.63, 3.8) is 0 Å². The Hall–Kier alpha value is -0.290. The average molecular weight is 268 g/mol. The zero-order valence-electron chi connectivity index (χ0n) is 11.0. The number of halogens is 3. The van der Waals surface area contributed by atoms with E-state index in [0.29, 0.717) is 25.9 Å². The van der Waals surface area contributed by atoms with Crippen molar-refractivity contribution in [2.75, 3.05) is 13.7 Å². The van der Waals surface area contributed by atoms with Gasteiger partial charge >= 0.3 is 6.18 Å². The number of hydrogen-bond donors (Lipinski definition) is 1. The maximum absolute atomic E-state index is 12.9. The second-order valence-corrected chi connectivity index (χ2v) is 5.35. The third-order valence-corrected chi connectivity index (χ3v) is 4.04. The fourth-order valence-corrected chi connectivity index (χ4v) is 2.87. The molecule has 4 atom stereocenters. The molecule has 1 fully saturated rings. The van der Waals surface area contributed by atoms with Gasteiger partial charge in [-0.1, -0.05) is 19.8 Å². The van der Waals surface area contributed by atoms with E-state index in [1.54, 1.807) is 14.0 Å². The molecule has 1 rings (SSSR count). The highest BCUT2D eigenvalue weighted by Crippen LogP contribution is 2.44. The van der Waals surface area contributed by atoms with Crippen molar-refractivity contribution in [3.8, 4) is 0 Å². The average Bonchev–Trinajstić information content (AvgIpc) is 2.34. The lowest BCUT2D eigenvalue weighted by atomic mass is 9.72. The Morgan fingerprint density at radius 2 is 1.89 bits per heavy atom. The quantitative estimate of drug-likeness (QED) is 0.828. The molecular weight excluding hydrogens is 245 g/mol. The molecule has 4 unspecified atom stereocenters. The summed E-state index contributed by atoms with van der Waals surface area (Å²) >= 11 is 0. The molecule has 0 amide bonds. The molecule has 0 aromatic carbocycles. The molecule has 1 aliphatic rings. The molecule has 108 valence electrons. The predicted octanol–water partition coefficient (Wildman–Crippen LogP) is 3.39. The molecule has 1 N–H and O–H groups in total. The van der Waals surface area contributed by atoms with Gasteiger partial charge in [0.15, 0.2) is 0 Å². The van der Waals surface area contributed by atoms with E-state index < -0.39 is 24.1 Å². The van der Waals surface area contributed by atoms with Gasteiger partial charge in [-0.15, -0.1) is 0 Å². The van der Waals surface area contributed by atoms with E-state index in [-0.39, 0.29) is 12.3 Å². The monoisotopic (exact) mass is 268 g/mol. The molecule has 0 aromatic heterocycles. The summed E-state index contributed by atoms with van der Waals surface area (Å²) in [5.74, 6) is -2.14. The number of rotatable bonds is 5. The molecule has 5 heteroatoms. The molecule has 0 aliphatic heterocycles. The maximum atomic E-state index is 12.9. The lowest BCUT2D eigenvalue weighted by molar-refractivity contribution is -0.209. The second kappa shape index (κ2) is 6.75. The second-order valence-electron chi connectivity index (χ2n) is 5.35. The van der Waals surface area contributed by atoms with Gasteiger partial charge in [0.2, 0.25) is 0 Å². The van der Waals surface area contributed by atoms with Crippen LogP contribution in [0.2, 0.25) is 0 Å². The Kier molecular flexibility index (Phi) is 5.92. The Morgan fingerprint density at radius 3 is 2.44 bits per heavy atom. The van der Waals surface area contributed by atoms with Crippen molar-refractivity contribution in [2.24, 2.45) is 17.8 Å². The molecule has 0 radical (unpaired) electrons. The van der Waals surface area contributed by atoms with Gasteiger partial charge in [-0.3, -0.25) is 0 Å². The summed E-state index contributed by atoms with van der Waals surface area (Å²) in [5, 5.41) is 10.1. The van der Waals surface area contributed by atoms with Gasteiger partial charge < -0.3 is 9.84 Å². The van der Waals surface area contributed by atoms with E-state index in [0.717, 1.165) is 6.42 Å². The number of hydrogen-bond acceptors (Lipinski definition) is 2. The van der Waals surface area contributed by atoms with Crippen LogP contribution in [-0.4, -0.2) is 31.1 Å². The molecule has 1 saturated carbocycles. The molecule has 0 saturated heterocycles. The largest absolute Gasteiger partial charge is 0.393 e. The zero-order chi connectivity index (χ0) is 13.8. The molecule has 0 spiro atoms. The van der Waals surface area contributed by atoms with E-state index >= 15 is 0 Å². The van der Waals surface area contributed by atoms with Crippen LogP contribution in [0.15, 0.2) is 0 Å².